The van der Waals surface area contributed by atoms with Crippen molar-refractivity contribution in [3.63, 3.8) is 0 Å². The summed E-state index contributed by atoms with van der Waals surface area (Å²) in [5, 5.41) is 0. The molecule has 0 unspecified atom stereocenters. The fourth-order valence-corrected chi connectivity index (χ4v) is 2.13. The van der Waals surface area contributed by atoms with Crippen LogP contribution in [0.1, 0.15) is 35.3 Å². The molecule has 0 N–H and O–H groups in total. The molecule has 0 spiro atoms. The van der Waals surface area contributed by atoms with Crippen LogP contribution in [0, 0.1) is 6.92 Å². The number of rotatable bonds is 6. The second-order valence-electron chi connectivity index (χ2n) is 4.72. The Hall–Kier alpha value is -2.29. The summed E-state index contributed by atoms with van der Waals surface area (Å²) in [6, 6.07) is 12.8. The maximum Gasteiger partial charge on any atom is 0.196 e. The Bertz CT molecular complexity index is 615. The maximum atomic E-state index is 12.6. The molecule has 0 aliphatic carbocycles. The van der Waals surface area contributed by atoms with E-state index in [2.05, 4.69) is 0 Å². The van der Waals surface area contributed by atoms with Crippen molar-refractivity contribution in [2.75, 3.05) is 13.2 Å². The van der Waals surface area contributed by atoms with Crippen LogP contribution >= 0.6 is 0 Å². The first-order valence-corrected chi connectivity index (χ1v) is 7.16. The zero-order valence-electron chi connectivity index (χ0n) is 12.7. The monoisotopic (exact) mass is 284 g/mol. The molecule has 2 rings (SSSR count). The molecule has 0 aliphatic heterocycles. The molecular weight excluding hydrogens is 264 g/mol. The molecule has 21 heavy (non-hydrogen) atoms. The lowest BCUT2D eigenvalue weighted by molar-refractivity contribution is 0.103. The third kappa shape index (κ3) is 3.63. The average molecular weight is 284 g/mol. The van der Waals surface area contributed by atoms with Gasteiger partial charge in [0, 0.05) is 5.56 Å². The summed E-state index contributed by atoms with van der Waals surface area (Å²) < 4.78 is 10.9. The molecule has 2 aromatic carbocycles. The molecule has 0 atom stereocenters. The molecule has 0 saturated carbocycles. The quantitative estimate of drug-likeness (QED) is 0.751. The standard InChI is InChI=1S/C18H20O3/c1-4-20-15-9-7-14(8-10-15)18(19)16-12-13(3)6-11-17(16)21-5-2/h6-12H,4-5H2,1-3H3. The molecule has 0 fully saturated rings. The molecule has 0 heterocycles. The number of aryl methyl sites for hydroxylation is 1. The Morgan fingerprint density at radius 2 is 1.62 bits per heavy atom. The van der Waals surface area contributed by atoms with Gasteiger partial charge in [-0.3, -0.25) is 4.79 Å². The Morgan fingerprint density at radius 3 is 2.24 bits per heavy atom. The number of ether oxygens (including phenoxy) is 2. The van der Waals surface area contributed by atoms with Gasteiger partial charge in [0.15, 0.2) is 5.78 Å². The lowest BCUT2D eigenvalue weighted by Gasteiger charge is -2.11. The molecule has 0 radical (unpaired) electrons. The van der Waals surface area contributed by atoms with E-state index in [4.69, 9.17) is 9.47 Å². The number of carbonyl (C=O) groups excluding carboxylic acids is 1. The summed E-state index contributed by atoms with van der Waals surface area (Å²) in [7, 11) is 0. The SMILES string of the molecule is CCOc1ccc(C(=O)c2cc(C)ccc2OCC)cc1. The van der Waals surface area contributed by atoms with Crippen molar-refractivity contribution in [3.8, 4) is 11.5 Å². The van der Waals surface area contributed by atoms with Gasteiger partial charge in [0.25, 0.3) is 0 Å². The zero-order chi connectivity index (χ0) is 15.2. The van der Waals surface area contributed by atoms with E-state index < -0.39 is 0 Å². The largest absolute Gasteiger partial charge is 0.494 e. The minimum absolute atomic E-state index is 0.0369. The van der Waals surface area contributed by atoms with Gasteiger partial charge in [-0.2, -0.15) is 0 Å². The fraction of sp³-hybridized carbons (Fsp3) is 0.278. The third-order valence-electron chi connectivity index (χ3n) is 3.11. The number of benzene rings is 2. The molecular formula is C18H20O3. The smallest absolute Gasteiger partial charge is 0.196 e. The van der Waals surface area contributed by atoms with Gasteiger partial charge in [-0.05, 0) is 57.2 Å². The summed E-state index contributed by atoms with van der Waals surface area (Å²) in [4.78, 5) is 12.6. The van der Waals surface area contributed by atoms with E-state index in [-0.39, 0.29) is 5.78 Å². The zero-order valence-corrected chi connectivity index (χ0v) is 12.7. The highest BCUT2D eigenvalue weighted by Gasteiger charge is 2.15. The van der Waals surface area contributed by atoms with E-state index in [0.29, 0.717) is 30.1 Å². The minimum atomic E-state index is -0.0369. The summed E-state index contributed by atoms with van der Waals surface area (Å²) in [5.74, 6) is 1.36. The molecule has 0 bridgehead atoms. The Kier molecular flexibility index (Phi) is 4.99. The van der Waals surface area contributed by atoms with Crippen molar-refractivity contribution in [3.05, 3.63) is 59.2 Å². The van der Waals surface area contributed by atoms with E-state index in [1.165, 1.54) is 0 Å². The van der Waals surface area contributed by atoms with E-state index in [9.17, 15) is 4.79 Å². The van der Waals surface area contributed by atoms with E-state index in [0.717, 1.165) is 11.3 Å². The molecule has 110 valence electrons. The van der Waals surface area contributed by atoms with Crippen LogP contribution in [0.25, 0.3) is 0 Å². The fourth-order valence-electron chi connectivity index (χ4n) is 2.13. The number of hydrogen-bond donors (Lipinski definition) is 0. The van der Waals surface area contributed by atoms with Gasteiger partial charge in [-0.15, -0.1) is 0 Å². The van der Waals surface area contributed by atoms with Crippen LogP contribution in [0.15, 0.2) is 42.5 Å². The van der Waals surface area contributed by atoms with Gasteiger partial charge in [-0.25, -0.2) is 0 Å². The third-order valence-corrected chi connectivity index (χ3v) is 3.11. The highest BCUT2D eigenvalue weighted by Crippen LogP contribution is 2.24. The molecule has 2 aromatic rings. The number of hydrogen-bond acceptors (Lipinski definition) is 3. The maximum absolute atomic E-state index is 12.6. The minimum Gasteiger partial charge on any atom is -0.494 e. The van der Waals surface area contributed by atoms with Crippen LogP contribution in [-0.2, 0) is 0 Å². The Morgan fingerprint density at radius 1 is 0.952 bits per heavy atom. The van der Waals surface area contributed by atoms with Gasteiger partial charge in [0.1, 0.15) is 11.5 Å². The van der Waals surface area contributed by atoms with Crippen molar-refractivity contribution in [2.24, 2.45) is 0 Å². The van der Waals surface area contributed by atoms with Crippen molar-refractivity contribution in [1.82, 2.24) is 0 Å². The second kappa shape index (κ2) is 6.93. The molecule has 0 amide bonds. The predicted octanol–water partition coefficient (Wildman–Crippen LogP) is 4.02. The van der Waals surface area contributed by atoms with Crippen LogP contribution in [0.2, 0.25) is 0 Å². The van der Waals surface area contributed by atoms with Gasteiger partial charge in [0.05, 0.1) is 18.8 Å². The normalized spacial score (nSPS) is 10.2. The highest BCUT2D eigenvalue weighted by atomic mass is 16.5. The lowest BCUT2D eigenvalue weighted by Crippen LogP contribution is -2.06. The van der Waals surface area contributed by atoms with Crippen molar-refractivity contribution >= 4 is 5.78 Å². The first-order chi connectivity index (χ1) is 10.2. The lowest BCUT2D eigenvalue weighted by atomic mass is 10.0. The van der Waals surface area contributed by atoms with Crippen LogP contribution < -0.4 is 9.47 Å². The van der Waals surface area contributed by atoms with Crippen molar-refractivity contribution in [2.45, 2.75) is 20.8 Å². The van der Waals surface area contributed by atoms with Crippen LogP contribution in [0.5, 0.6) is 11.5 Å². The molecule has 3 heteroatoms. The summed E-state index contributed by atoms with van der Waals surface area (Å²) in [6.45, 7) is 6.95. The van der Waals surface area contributed by atoms with Gasteiger partial charge in [0.2, 0.25) is 0 Å². The molecule has 0 aromatic heterocycles. The average Bonchev–Trinajstić information content (AvgIpc) is 2.50. The van der Waals surface area contributed by atoms with E-state index in [1.54, 1.807) is 12.1 Å². The summed E-state index contributed by atoms with van der Waals surface area (Å²) in [6.07, 6.45) is 0. The number of carbonyl (C=O) groups is 1. The highest BCUT2D eigenvalue weighted by molar-refractivity contribution is 6.10. The summed E-state index contributed by atoms with van der Waals surface area (Å²) >= 11 is 0. The first kappa shape index (κ1) is 15.1. The van der Waals surface area contributed by atoms with Crippen LogP contribution in [0.3, 0.4) is 0 Å². The van der Waals surface area contributed by atoms with Crippen LogP contribution in [-0.4, -0.2) is 19.0 Å². The molecule has 0 aliphatic rings. The van der Waals surface area contributed by atoms with Crippen molar-refractivity contribution in [1.29, 1.82) is 0 Å². The Labute approximate surface area is 125 Å². The van der Waals surface area contributed by atoms with Gasteiger partial charge < -0.3 is 9.47 Å². The predicted molar refractivity (Wildman–Crippen MR) is 83.4 cm³/mol. The summed E-state index contributed by atoms with van der Waals surface area (Å²) in [5.41, 5.74) is 2.26. The topological polar surface area (TPSA) is 35.5 Å². The molecule has 3 nitrogen and oxygen atoms in total. The van der Waals surface area contributed by atoms with Gasteiger partial charge in [-0.1, -0.05) is 11.6 Å². The second-order valence-corrected chi connectivity index (χ2v) is 4.72. The van der Waals surface area contributed by atoms with E-state index in [1.807, 2.05) is 51.1 Å². The van der Waals surface area contributed by atoms with E-state index >= 15 is 0 Å². The molecule has 0 saturated heterocycles. The van der Waals surface area contributed by atoms with Gasteiger partial charge >= 0.3 is 0 Å². The first-order valence-electron chi connectivity index (χ1n) is 7.16. The number of ketones is 1. The van der Waals surface area contributed by atoms with Crippen molar-refractivity contribution < 1.29 is 14.3 Å². The van der Waals surface area contributed by atoms with Crippen LogP contribution in [0.4, 0.5) is 0 Å². The Balaban J connectivity index is 2.32.